The average molecular weight is 931 g/mol. The van der Waals surface area contributed by atoms with Crippen LogP contribution in [0, 0.1) is 11.8 Å². The second-order valence-electron chi connectivity index (χ2n) is 18.8. The second-order valence-corrected chi connectivity index (χ2v) is 18.8. The van der Waals surface area contributed by atoms with Crippen molar-refractivity contribution in [2.24, 2.45) is 17.6 Å². The molecule has 0 aromatic heterocycles. The molecule has 5 rings (SSSR count). The number of hydrogen-bond donors (Lipinski definition) is 8. The summed E-state index contributed by atoms with van der Waals surface area (Å²) in [6, 6.07) is -10.5. The summed E-state index contributed by atoms with van der Waals surface area (Å²) in [6.45, 7) is 8.87. The van der Waals surface area contributed by atoms with Crippen LogP contribution in [0.2, 0.25) is 0 Å². The lowest BCUT2D eigenvalue weighted by molar-refractivity contribution is -0.150. The standard InChI is InChI=1S/C45H74N10O11/c1-6-25(3)34-44(65)54-22-12-17-32(54)42(63)52-20-10-15-30(52)39(60)50-35(26(4)7-2)45(66)55-23-13-18-33(55)43(64)53-21-11-16-31(53)40(61)51-36(27(5)57)41(62)47-28(14-8-9-19-46)37(58)48-29(24-56)38(59)49-34/h25-36,56-57H,6-24,46H2,1-5H3,(H,47,62)(H,48,58)(H,49,59)(H,50,60)(H,51,61)/t25-,26-,27+,28-,29-,30-,31+,32-,33-,34-,35-,36-/m0/s1. The van der Waals surface area contributed by atoms with Gasteiger partial charge in [0.05, 0.1) is 12.7 Å². The number of carbonyl (C=O) groups excluding carboxylic acids is 9. The van der Waals surface area contributed by atoms with Crippen molar-refractivity contribution >= 4 is 53.2 Å². The minimum Gasteiger partial charge on any atom is -0.394 e. The fourth-order valence-electron chi connectivity index (χ4n) is 9.93. The van der Waals surface area contributed by atoms with Gasteiger partial charge in [-0.1, -0.05) is 40.5 Å². The molecule has 12 atom stereocenters. The highest BCUT2D eigenvalue weighted by atomic mass is 16.3. The number of rotatable bonds is 10. The first-order valence-corrected chi connectivity index (χ1v) is 24.2. The molecule has 21 heteroatoms. The number of nitrogens with two attached hydrogens (primary N) is 1. The summed E-state index contributed by atoms with van der Waals surface area (Å²) in [5.41, 5.74) is 5.71. The highest BCUT2D eigenvalue weighted by Gasteiger charge is 2.48. The predicted octanol–water partition coefficient (Wildman–Crippen LogP) is -2.02. The van der Waals surface area contributed by atoms with Crippen molar-refractivity contribution in [3.8, 4) is 0 Å². The number of hydrogen-bond acceptors (Lipinski definition) is 12. The van der Waals surface area contributed by atoms with E-state index >= 15 is 0 Å². The maximum Gasteiger partial charge on any atom is 0.246 e. The first kappa shape index (κ1) is 52.1. The lowest BCUT2D eigenvalue weighted by Crippen LogP contribution is -2.62. The van der Waals surface area contributed by atoms with E-state index in [-0.39, 0.29) is 51.5 Å². The Balaban J connectivity index is 1.52. The van der Waals surface area contributed by atoms with Gasteiger partial charge in [0.2, 0.25) is 53.2 Å². The number of nitrogens with zero attached hydrogens (tertiary/aromatic N) is 4. The lowest BCUT2D eigenvalue weighted by Gasteiger charge is -2.36. The molecular weight excluding hydrogens is 857 g/mol. The van der Waals surface area contributed by atoms with E-state index in [0.29, 0.717) is 70.6 Å². The minimum absolute atomic E-state index is 0.0335. The number of nitrogens with one attached hydrogen (secondary N) is 5. The summed E-state index contributed by atoms with van der Waals surface area (Å²) in [7, 11) is 0. The summed E-state index contributed by atoms with van der Waals surface area (Å²) in [4.78, 5) is 134. The molecule has 9 amide bonds. The highest BCUT2D eigenvalue weighted by Crippen LogP contribution is 2.30. The maximum atomic E-state index is 14.5. The molecule has 9 N–H and O–H groups in total. The van der Waals surface area contributed by atoms with Crippen molar-refractivity contribution in [1.82, 2.24) is 46.2 Å². The van der Waals surface area contributed by atoms with Crippen LogP contribution >= 0.6 is 0 Å². The molecule has 5 saturated heterocycles. The molecule has 5 aliphatic rings. The molecule has 5 aliphatic heterocycles. The summed E-state index contributed by atoms with van der Waals surface area (Å²) in [5.74, 6) is -6.60. The van der Waals surface area contributed by atoms with E-state index in [1.165, 1.54) is 26.5 Å². The van der Waals surface area contributed by atoms with Crippen LogP contribution in [0.3, 0.4) is 0 Å². The predicted molar refractivity (Wildman–Crippen MR) is 239 cm³/mol. The Kier molecular flexibility index (Phi) is 18.7. The van der Waals surface area contributed by atoms with Crippen LogP contribution in [0.15, 0.2) is 0 Å². The summed E-state index contributed by atoms with van der Waals surface area (Å²) in [5, 5.41) is 34.5. The highest BCUT2D eigenvalue weighted by molar-refractivity contribution is 6.00. The van der Waals surface area contributed by atoms with Gasteiger partial charge in [-0.15, -0.1) is 0 Å². The SMILES string of the molecule is CC[C@H](C)[C@@H]1NC(=O)[C@@H]2CCCN2C(=O)[C@@H]2CCCN2C(=O)[C@H]([C@@H](C)CC)NC(=O)[C@H](CO)NC(=O)[C@H](CCCCN)NC(=O)[C@H]([C@@H](C)O)NC(=O)[C@H]2CCCN2C(=O)[C@@H]2CCCN2C1=O. The summed E-state index contributed by atoms with van der Waals surface area (Å²) >= 11 is 0. The zero-order valence-corrected chi connectivity index (χ0v) is 39.3. The minimum atomic E-state index is -1.58. The smallest absolute Gasteiger partial charge is 0.246 e. The van der Waals surface area contributed by atoms with E-state index in [2.05, 4.69) is 26.6 Å². The van der Waals surface area contributed by atoms with Crippen LogP contribution in [-0.2, 0) is 43.2 Å². The van der Waals surface area contributed by atoms with Gasteiger partial charge in [-0.3, -0.25) is 43.2 Å². The molecular formula is C45H74N10O11. The Bertz CT molecular complexity index is 1800. The third-order valence-electron chi connectivity index (χ3n) is 14.3. The molecule has 370 valence electrons. The fraction of sp³-hybridized carbons (Fsp3) is 0.800. The van der Waals surface area contributed by atoms with Gasteiger partial charge in [0.15, 0.2) is 0 Å². The third kappa shape index (κ3) is 11.8. The monoisotopic (exact) mass is 931 g/mol. The number of aliphatic hydroxyl groups is 2. The number of unbranched alkanes of at least 4 members (excludes halogenated alkanes) is 1. The van der Waals surface area contributed by atoms with E-state index in [4.69, 9.17) is 5.73 Å². The average Bonchev–Trinajstić information content (AvgIpc) is 4.16. The van der Waals surface area contributed by atoms with Gasteiger partial charge in [-0.05, 0) is 95.9 Å². The first-order valence-electron chi connectivity index (χ1n) is 24.2. The zero-order valence-electron chi connectivity index (χ0n) is 39.3. The number of carbonyl (C=O) groups is 9. The Labute approximate surface area is 387 Å². The summed E-state index contributed by atoms with van der Waals surface area (Å²) in [6.07, 6.45) is 3.49. The van der Waals surface area contributed by atoms with Crippen molar-refractivity contribution in [2.45, 2.75) is 179 Å². The van der Waals surface area contributed by atoms with Crippen LogP contribution < -0.4 is 32.3 Å². The van der Waals surface area contributed by atoms with Gasteiger partial charge < -0.3 is 62.1 Å². The molecule has 5 heterocycles. The molecule has 0 bridgehead atoms. The van der Waals surface area contributed by atoms with Gasteiger partial charge in [0.25, 0.3) is 0 Å². The molecule has 21 nitrogen and oxygen atoms in total. The van der Waals surface area contributed by atoms with E-state index in [9.17, 15) is 53.4 Å². The number of amides is 9. The quantitative estimate of drug-likeness (QED) is 0.110. The van der Waals surface area contributed by atoms with E-state index in [1.54, 1.807) is 6.92 Å². The van der Waals surface area contributed by atoms with Crippen LogP contribution in [0.4, 0.5) is 0 Å². The zero-order chi connectivity index (χ0) is 48.4. The maximum absolute atomic E-state index is 14.5. The lowest BCUT2D eigenvalue weighted by atomic mass is 9.96. The van der Waals surface area contributed by atoms with E-state index in [1.807, 2.05) is 20.8 Å². The fourth-order valence-corrected chi connectivity index (χ4v) is 9.93. The normalized spacial score (nSPS) is 31.8. The van der Waals surface area contributed by atoms with Crippen molar-refractivity contribution < 1.29 is 53.4 Å². The van der Waals surface area contributed by atoms with Crippen LogP contribution in [0.5, 0.6) is 0 Å². The molecule has 0 saturated carbocycles. The molecule has 0 spiro atoms. The van der Waals surface area contributed by atoms with Crippen LogP contribution in [0.25, 0.3) is 0 Å². The molecule has 0 radical (unpaired) electrons. The molecule has 0 unspecified atom stereocenters. The Morgan fingerprint density at radius 2 is 0.894 bits per heavy atom. The Morgan fingerprint density at radius 1 is 0.515 bits per heavy atom. The van der Waals surface area contributed by atoms with Crippen molar-refractivity contribution in [2.75, 3.05) is 39.3 Å². The first-order chi connectivity index (χ1) is 31.5. The Morgan fingerprint density at radius 3 is 1.30 bits per heavy atom. The molecule has 0 aliphatic carbocycles. The Hall–Kier alpha value is -4.89. The van der Waals surface area contributed by atoms with Crippen LogP contribution in [-0.4, -0.2) is 183 Å². The van der Waals surface area contributed by atoms with Crippen molar-refractivity contribution in [3.63, 3.8) is 0 Å². The van der Waals surface area contributed by atoms with Crippen LogP contribution in [0.1, 0.15) is 118 Å². The molecule has 0 aromatic carbocycles. The van der Waals surface area contributed by atoms with Gasteiger partial charge in [-0.25, -0.2) is 0 Å². The van der Waals surface area contributed by atoms with Crippen molar-refractivity contribution in [1.29, 1.82) is 0 Å². The number of fused-ring (bicyclic) bond motifs is 4. The largest absolute Gasteiger partial charge is 0.394 e. The van der Waals surface area contributed by atoms with Gasteiger partial charge >= 0.3 is 0 Å². The molecule has 5 fully saturated rings. The summed E-state index contributed by atoms with van der Waals surface area (Å²) < 4.78 is 0. The third-order valence-corrected chi connectivity index (χ3v) is 14.3. The molecule has 0 aromatic rings. The van der Waals surface area contributed by atoms with E-state index in [0.717, 1.165) is 0 Å². The van der Waals surface area contributed by atoms with Gasteiger partial charge in [0.1, 0.15) is 54.4 Å². The van der Waals surface area contributed by atoms with E-state index < -0.39 is 126 Å². The van der Waals surface area contributed by atoms with Gasteiger partial charge in [-0.2, -0.15) is 0 Å². The van der Waals surface area contributed by atoms with Crippen molar-refractivity contribution in [3.05, 3.63) is 0 Å². The molecule has 66 heavy (non-hydrogen) atoms. The van der Waals surface area contributed by atoms with Gasteiger partial charge in [0, 0.05) is 26.2 Å². The topological polar surface area (TPSA) is 293 Å². The number of aliphatic hydroxyl groups excluding tert-OH is 2. The second kappa shape index (κ2) is 23.7.